The molecule has 0 aliphatic rings. The van der Waals surface area contributed by atoms with E-state index in [1.54, 1.807) is 37.7 Å². The molecule has 4 rings (SSSR count). The molecule has 0 aromatic carbocycles. The monoisotopic (exact) mass is 409 g/mol. The first-order chi connectivity index (χ1) is 14.5. The number of hydrogen-bond acceptors (Lipinski definition) is 5. The van der Waals surface area contributed by atoms with Crippen LogP contribution in [0.4, 0.5) is 14.6 Å². The number of hydrogen-bond donors (Lipinski definition) is 2. The summed E-state index contributed by atoms with van der Waals surface area (Å²) in [5, 5.41) is 2.65. The van der Waals surface area contributed by atoms with Gasteiger partial charge >= 0.3 is 0 Å². The van der Waals surface area contributed by atoms with Crippen molar-refractivity contribution in [2.75, 3.05) is 12.4 Å². The number of carbonyl (C=O) groups excluding carboxylic acids is 1. The van der Waals surface area contributed by atoms with Crippen molar-refractivity contribution in [2.24, 2.45) is 0 Å². The van der Waals surface area contributed by atoms with E-state index < -0.39 is 6.43 Å². The number of methoxy groups -OCH3 is 1. The summed E-state index contributed by atoms with van der Waals surface area (Å²) in [4.78, 5) is 27.5. The largest absolute Gasteiger partial charge is 0.495 e. The van der Waals surface area contributed by atoms with Crippen LogP contribution in [0.3, 0.4) is 0 Å². The van der Waals surface area contributed by atoms with Gasteiger partial charge < -0.3 is 15.0 Å². The maximum atomic E-state index is 13.0. The molecule has 0 atom stereocenters. The molecule has 0 aliphatic heterocycles. The molecule has 7 nitrogen and oxygen atoms in total. The third-order valence-electron chi connectivity index (χ3n) is 4.49. The number of rotatable bonds is 5. The van der Waals surface area contributed by atoms with Crippen LogP contribution in [0.15, 0.2) is 48.9 Å². The van der Waals surface area contributed by atoms with Crippen LogP contribution in [-0.4, -0.2) is 33.0 Å². The highest BCUT2D eigenvalue weighted by molar-refractivity contribution is 6.01. The summed E-state index contributed by atoms with van der Waals surface area (Å²) in [6.07, 6.45) is 1.70. The minimum Gasteiger partial charge on any atom is -0.495 e. The highest BCUT2D eigenvalue weighted by Gasteiger charge is 2.19. The molecule has 30 heavy (non-hydrogen) atoms. The van der Waals surface area contributed by atoms with E-state index in [-0.39, 0.29) is 11.5 Å². The van der Waals surface area contributed by atoms with E-state index in [2.05, 4.69) is 25.3 Å². The van der Waals surface area contributed by atoms with Crippen LogP contribution in [0.1, 0.15) is 18.9 Å². The lowest BCUT2D eigenvalue weighted by Gasteiger charge is -2.07. The van der Waals surface area contributed by atoms with Gasteiger partial charge in [-0.2, -0.15) is 0 Å². The molecule has 0 unspecified atom stereocenters. The summed E-state index contributed by atoms with van der Waals surface area (Å²) in [5.74, 6) is 0.708. The second-order valence-corrected chi connectivity index (χ2v) is 6.53. The molecular weight excluding hydrogens is 392 g/mol. The van der Waals surface area contributed by atoms with Gasteiger partial charge in [0.2, 0.25) is 5.91 Å². The van der Waals surface area contributed by atoms with Crippen molar-refractivity contribution in [1.82, 2.24) is 19.9 Å². The molecule has 2 N–H and O–H groups in total. The normalized spacial score (nSPS) is 11.1. The Labute approximate surface area is 170 Å². The van der Waals surface area contributed by atoms with E-state index in [4.69, 9.17) is 4.74 Å². The molecular formula is C21H17F2N5O2. The zero-order valence-corrected chi connectivity index (χ0v) is 16.1. The molecule has 4 heterocycles. The molecule has 9 heteroatoms. The molecule has 4 aromatic rings. The van der Waals surface area contributed by atoms with E-state index >= 15 is 0 Å². The highest BCUT2D eigenvalue weighted by Crippen LogP contribution is 2.38. The van der Waals surface area contributed by atoms with Gasteiger partial charge in [-0.25, -0.2) is 13.8 Å². The Bertz CT molecular complexity index is 1220. The Morgan fingerprint density at radius 1 is 1.13 bits per heavy atom. The predicted molar refractivity (Wildman–Crippen MR) is 108 cm³/mol. The number of halogens is 2. The fraction of sp³-hybridized carbons (Fsp3) is 0.143. The number of aromatic nitrogens is 4. The van der Waals surface area contributed by atoms with E-state index in [1.165, 1.54) is 19.1 Å². The highest BCUT2D eigenvalue weighted by atomic mass is 19.3. The van der Waals surface area contributed by atoms with E-state index in [1.807, 2.05) is 0 Å². The van der Waals surface area contributed by atoms with E-state index in [9.17, 15) is 13.6 Å². The molecule has 0 bridgehead atoms. The molecule has 0 spiro atoms. The van der Waals surface area contributed by atoms with Gasteiger partial charge in [-0.3, -0.25) is 14.8 Å². The van der Waals surface area contributed by atoms with Crippen molar-refractivity contribution in [3.63, 3.8) is 0 Å². The van der Waals surface area contributed by atoms with Crippen molar-refractivity contribution >= 4 is 22.8 Å². The SMILES string of the molecule is COc1cnc2c(-c3ccc(C(F)F)cn3)c(-c3ccnc(NC(C)=O)c3)[nH]c2c1. The molecule has 0 saturated heterocycles. The van der Waals surface area contributed by atoms with E-state index in [0.717, 1.165) is 11.8 Å². The minimum absolute atomic E-state index is 0.161. The number of carbonyl (C=O) groups is 1. The zero-order chi connectivity index (χ0) is 21.3. The Hall–Kier alpha value is -3.88. The molecule has 4 aromatic heterocycles. The number of ether oxygens (including phenoxy) is 1. The van der Waals surface area contributed by atoms with Crippen molar-refractivity contribution in [1.29, 1.82) is 0 Å². The van der Waals surface area contributed by atoms with Gasteiger partial charge in [0, 0.05) is 36.5 Å². The van der Waals surface area contributed by atoms with Crippen molar-refractivity contribution in [3.05, 3.63) is 54.5 Å². The maximum absolute atomic E-state index is 13.0. The Morgan fingerprint density at radius 3 is 2.63 bits per heavy atom. The lowest BCUT2D eigenvalue weighted by molar-refractivity contribution is -0.114. The van der Waals surface area contributed by atoms with Gasteiger partial charge in [-0.15, -0.1) is 0 Å². The van der Waals surface area contributed by atoms with Gasteiger partial charge in [-0.1, -0.05) is 0 Å². The van der Waals surface area contributed by atoms with Gasteiger partial charge in [0.25, 0.3) is 6.43 Å². The smallest absolute Gasteiger partial charge is 0.265 e. The van der Waals surface area contributed by atoms with Crippen molar-refractivity contribution < 1.29 is 18.3 Å². The average molecular weight is 409 g/mol. The molecule has 1 amide bonds. The topological polar surface area (TPSA) is 92.8 Å². The average Bonchev–Trinajstić information content (AvgIpc) is 3.12. The van der Waals surface area contributed by atoms with Gasteiger partial charge in [0.15, 0.2) is 0 Å². The second kappa shape index (κ2) is 7.86. The third-order valence-corrected chi connectivity index (χ3v) is 4.49. The Morgan fingerprint density at radius 2 is 1.97 bits per heavy atom. The lowest BCUT2D eigenvalue weighted by atomic mass is 10.0. The number of H-pyrrole nitrogens is 1. The minimum atomic E-state index is -2.60. The zero-order valence-electron chi connectivity index (χ0n) is 16.1. The van der Waals surface area contributed by atoms with Crippen LogP contribution in [0.25, 0.3) is 33.5 Å². The van der Waals surface area contributed by atoms with Crippen LogP contribution in [0.2, 0.25) is 0 Å². The van der Waals surface area contributed by atoms with Crippen LogP contribution in [-0.2, 0) is 4.79 Å². The summed E-state index contributed by atoms with van der Waals surface area (Å²) in [5.41, 5.74) is 3.66. The van der Waals surface area contributed by atoms with E-state index in [0.29, 0.717) is 39.6 Å². The van der Waals surface area contributed by atoms with Gasteiger partial charge in [-0.05, 0) is 24.3 Å². The standard InChI is InChI=1S/C21H17F2N5O2/c1-11(29)27-17-7-12(5-6-24-17)19-18(15-4-3-13(9-25-15)21(22)23)20-16(28-19)8-14(30-2)10-26-20/h3-10,21,28H,1-2H3,(H,24,27,29). The number of fused-ring (bicyclic) bond motifs is 1. The summed E-state index contributed by atoms with van der Waals surface area (Å²) < 4.78 is 31.2. The molecule has 0 radical (unpaired) electrons. The first-order valence-electron chi connectivity index (χ1n) is 9.00. The number of alkyl halides is 2. The summed E-state index contributed by atoms with van der Waals surface area (Å²) in [7, 11) is 1.54. The molecule has 152 valence electrons. The number of anilines is 1. The quantitative estimate of drug-likeness (QED) is 0.503. The molecule has 0 saturated carbocycles. The fourth-order valence-corrected chi connectivity index (χ4v) is 3.15. The molecule has 0 fully saturated rings. The predicted octanol–water partition coefficient (Wildman–Crippen LogP) is 4.59. The van der Waals surface area contributed by atoms with Gasteiger partial charge in [0.1, 0.15) is 11.6 Å². The summed E-state index contributed by atoms with van der Waals surface area (Å²) in [6, 6.07) is 8.15. The summed E-state index contributed by atoms with van der Waals surface area (Å²) >= 11 is 0. The maximum Gasteiger partial charge on any atom is 0.265 e. The number of nitrogens with zero attached hydrogens (tertiary/aromatic N) is 3. The second-order valence-electron chi connectivity index (χ2n) is 6.53. The first kappa shape index (κ1) is 19.4. The Balaban J connectivity index is 1.92. The number of amides is 1. The van der Waals surface area contributed by atoms with Crippen LogP contribution < -0.4 is 10.1 Å². The first-order valence-corrected chi connectivity index (χ1v) is 9.00. The van der Waals surface area contributed by atoms with Crippen LogP contribution in [0.5, 0.6) is 5.75 Å². The van der Waals surface area contributed by atoms with Crippen LogP contribution in [0, 0.1) is 0 Å². The summed E-state index contributed by atoms with van der Waals surface area (Å²) in [6.45, 7) is 1.40. The van der Waals surface area contributed by atoms with Gasteiger partial charge in [0.05, 0.1) is 41.3 Å². The third kappa shape index (κ3) is 3.69. The van der Waals surface area contributed by atoms with Crippen molar-refractivity contribution in [3.8, 4) is 28.3 Å². The molecule has 0 aliphatic carbocycles. The lowest BCUT2D eigenvalue weighted by Crippen LogP contribution is -2.07. The van der Waals surface area contributed by atoms with Crippen molar-refractivity contribution in [2.45, 2.75) is 13.3 Å². The number of aromatic amines is 1. The fourth-order valence-electron chi connectivity index (χ4n) is 3.15. The Kier molecular flexibility index (Phi) is 5.09. The number of nitrogens with one attached hydrogen (secondary N) is 2. The number of pyridine rings is 3. The van der Waals surface area contributed by atoms with Crippen LogP contribution >= 0.6 is 0 Å².